The van der Waals surface area contributed by atoms with Gasteiger partial charge in [0, 0.05) is 11.8 Å². The minimum Gasteiger partial charge on any atom is -0.299 e. The lowest BCUT2D eigenvalue weighted by molar-refractivity contribution is -0.127. The maximum atomic E-state index is 12.4. The van der Waals surface area contributed by atoms with E-state index >= 15 is 0 Å². The Balaban J connectivity index is 2.11. The van der Waals surface area contributed by atoms with Gasteiger partial charge in [0.15, 0.2) is 0 Å². The van der Waals surface area contributed by atoms with Crippen molar-refractivity contribution in [3.8, 4) is 0 Å². The molecule has 106 valence electrons. The van der Waals surface area contributed by atoms with Crippen LogP contribution < -0.4 is 0 Å². The molecule has 0 aromatic rings. The predicted molar refractivity (Wildman–Crippen MR) is 81.0 cm³/mol. The SMILES string of the molecule is C=C(C)CCC[C@@]1(C)CCC[C@@H]2C(=O)[C@@H](C)CC=C21. The second kappa shape index (κ2) is 5.64. The molecule has 0 radical (unpaired) electrons. The predicted octanol–water partition coefficient (Wildman–Crippen LogP) is 5.07. The lowest BCUT2D eigenvalue weighted by Gasteiger charge is -2.44. The van der Waals surface area contributed by atoms with E-state index in [4.69, 9.17) is 0 Å². The third-order valence-electron chi connectivity index (χ3n) is 5.15. The zero-order valence-corrected chi connectivity index (χ0v) is 12.8. The van der Waals surface area contributed by atoms with E-state index < -0.39 is 0 Å². The van der Waals surface area contributed by atoms with Crippen molar-refractivity contribution in [1.29, 1.82) is 0 Å². The molecule has 2 rings (SSSR count). The van der Waals surface area contributed by atoms with Crippen LogP contribution in [0.2, 0.25) is 0 Å². The molecule has 1 nitrogen and oxygen atoms in total. The summed E-state index contributed by atoms with van der Waals surface area (Å²) in [6.07, 6.45) is 10.5. The molecule has 0 saturated heterocycles. The number of ketones is 1. The smallest absolute Gasteiger partial charge is 0.143 e. The van der Waals surface area contributed by atoms with Crippen molar-refractivity contribution in [1.82, 2.24) is 0 Å². The van der Waals surface area contributed by atoms with E-state index in [1.54, 1.807) is 0 Å². The summed E-state index contributed by atoms with van der Waals surface area (Å²) in [7, 11) is 0. The number of rotatable bonds is 4. The van der Waals surface area contributed by atoms with Crippen molar-refractivity contribution >= 4 is 5.78 Å². The molecule has 0 bridgehead atoms. The number of carbonyl (C=O) groups excluding carboxylic acids is 1. The third-order valence-corrected chi connectivity index (χ3v) is 5.15. The largest absolute Gasteiger partial charge is 0.299 e. The van der Waals surface area contributed by atoms with E-state index in [9.17, 15) is 4.79 Å². The van der Waals surface area contributed by atoms with Crippen LogP contribution in [0.15, 0.2) is 23.8 Å². The summed E-state index contributed by atoms with van der Waals surface area (Å²) in [5.74, 6) is 0.988. The molecule has 0 amide bonds. The lowest BCUT2D eigenvalue weighted by atomic mass is 9.60. The maximum absolute atomic E-state index is 12.4. The highest BCUT2D eigenvalue weighted by Crippen LogP contribution is 2.50. The van der Waals surface area contributed by atoms with Gasteiger partial charge in [0.05, 0.1) is 0 Å². The Morgan fingerprint density at radius 3 is 2.95 bits per heavy atom. The first-order valence-electron chi connectivity index (χ1n) is 7.83. The zero-order chi connectivity index (χ0) is 14.0. The van der Waals surface area contributed by atoms with E-state index in [0.717, 1.165) is 19.3 Å². The summed E-state index contributed by atoms with van der Waals surface area (Å²) < 4.78 is 0. The summed E-state index contributed by atoms with van der Waals surface area (Å²) in [6.45, 7) is 10.6. The van der Waals surface area contributed by atoms with Crippen LogP contribution in [-0.4, -0.2) is 5.78 Å². The molecule has 0 unspecified atom stereocenters. The minimum atomic E-state index is 0.242. The number of allylic oxidation sites excluding steroid dienone is 3. The van der Waals surface area contributed by atoms with E-state index in [0.29, 0.717) is 5.78 Å². The Kier molecular flexibility index (Phi) is 4.32. The van der Waals surface area contributed by atoms with Crippen molar-refractivity contribution in [2.75, 3.05) is 0 Å². The number of fused-ring (bicyclic) bond motifs is 1. The highest BCUT2D eigenvalue weighted by molar-refractivity contribution is 5.87. The van der Waals surface area contributed by atoms with Crippen molar-refractivity contribution in [2.45, 2.75) is 65.7 Å². The number of Topliss-reactive ketones (excluding diaryl/α,β-unsaturated/α-hetero) is 1. The van der Waals surface area contributed by atoms with Crippen molar-refractivity contribution in [2.24, 2.45) is 17.3 Å². The standard InChI is InChI=1S/C18H28O/c1-13(2)7-5-11-18(4)12-6-8-15-16(18)10-9-14(3)17(15)19/h10,14-15H,1,5-9,11-12H2,2-4H3/t14-,15-,18-/m0/s1. The van der Waals surface area contributed by atoms with E-state index in [2.05, 4.69) is 33.4 Å². The molecule has 3 atom stereocenters. The average Bonchev–Trinajstić information content (AvgIpc) is 2.34. The Labute approximate surface area is 118 Å². The normalized spacial score (nSPS) is 34.7. The van der Waals surface area contributed by atoms with Gasteiger partial charge in [-0.1, -0.05) is 37.5 Å². The van der Waals surface area contributed by atoms with Gasteiger partial charge in [0.1, 0.15) is 5.78 Å². The van der Waals surface area contributed by atoms with Gasteiger partial charge in [-0.15, -0.1) is 6.58 Å². The summed E-state index contributed by atoms with van der Waals surface area (Å²) in [5, 5.41) is 0. The summed E-state index contributed by atoms with van der Waals surface area (Å²) >= 11 is 0. The van der Waals surface area contributed by atoms with Gasteiger partial charge >= 0.3 is 0 Å². The lowest BCUT2D eigenvalue weighted by Crippen LogP contribution is -2.38. The van der Waals surface area contributed by atoms with Crippen molar-refractivity contribution in [3.63, 3.8) is 0 Å². The van der Waals surface area contributed by atoms with Crippen LogP contribution in [-0.2, 0) is 4.79 Å². The second-order valence-electron chi connectivity index (χ2n) is 7.01. The number of carbonyl (C=O) groups is 1. The van der Waals surface area contributed by atoms with Gasteiger partial charge in [-0.3, -0.25) is 4.79 Å². The summed E-state index contributed by atoms with van der Waals surface area (Å²) in [6, 6.07) is 0. The van der Waals surface area contributed by atoms with Crippen LogP contribution in [0.4, 0.5) is 0 Å². The Morgan fingerprint density at radius 2 is 2.26 bits per heavy atom. The highest BCUT2D eigenvalue weighted by Gasteiger charge is 2.42. The first kappa shape index (κ1) is 14.6. The Bertz CT molecular complexity index is 404. The molecule has 0 heterocycles. The molecule has 1 fully saturated rings. The number of hydrogen-bond acceptors (Lipinski definition) is 1. The molecule has 1 saturated carbocycles. The van der Waals surface area contributed by atoms with Crippen LogP contribution in [0.3, 0.4) is 0 Å². The first-order valence-corrected chi connectivity index (χ1v) is 7.83. The van der Waals surface area contributed by atoms with Crippen LogP contribution in [0.25, 0.3) is 0 Å². The van der Waals surface area contributed by atoms with Gasteiger partial charge in [-0.2, -0.15) is 0 Å². The third kappa shape index (κ3) is 3.01. The van der Waals surface area contributed by atoms with E-state index in [1.165, 1.54) is 36.8 Å². The molecule has 2 aliphatic carbocycles. The second-order valence-corrected chi connectivity index (χ2v) is 7.01. The number of hydrogen-bond donors (Lipinski definition) is 0. The minimum absolute atomic E-state index is 0.242. The summed E-state index contributed by atoms with van der Waals surface area (Å²) in [5.41, 5.74) is 3.02. The topological polar surface area (TPSA) is 17.1 Å². The van der Waals surface area contributed by atoms with E-state index in [1.807, 2.05) is 0 Å². The fourth-order valence-electron chi connectivity index (χ4n) is 3.91. The summed E-state index contributed by atoms with van der Waals surface area (Å²) in [4.78, 5) is 12.4. The molecule has 0 aliphatic heterocycles. The van der Waals surface area contributed by atoms with Crippen LogP contribution in [0.5, 0.6) is 0 Å². The van der Waals surface area contributed by atoms with Crippen LogP contribution in [0.1, 0.15) is 65.7 Å². The fraction of sp³-hybridized carbons (Fsp3) is 0.722. The molecule has 0 aromatic carbocycles. The first-order chi connectivity index (χ1) is 8.94. The van der Waals surface area contributed by atoms with Gasteiger partial charge in [0.2, 0.25) is 0 Å². The van der Waals surface area contributed by atoms with Gasteiger partial charge < -0.3 is 0 Å². The van der Waals surface area contributed by atoms with E-state index in [-0.39, 0.29) is 17.3 Å². The maximum Gasteiger partial charge on any atom is 0.143 e. The highest BCUT2D eigenvalue weighted by atomic mass is 16.1. The van der Waals surface area contributed by atoms with Crippen LogP contribution >= 0.6 is 0 Å². The Hall–Kier alpha value is -0.850. The molecule has 1 heteroatoms. The molecular weight excluding hydrogens is 232 g/mol. The molecule has 0 aromatic heterocycles. The quantitative estimate of drug-likeness (QED) is 0.645. The van der Waals surface area contributed by atoms with Crippen molar-refractivity contribution < 1.29 is 4.79 Å². The molecule has 2 aliphatic rings. The molecule has 0 spiro atoms. The zero-order valence-electron chi connectivity index (χ0n) is 12.8. The van der Waals surface area contributed by atoms with Crippen molar-refractivity contribution in [3.05, 3.63) is 23.8 Å². The Morgan fingerprint density at radius 1 is 1.53 bits per heavy atom. The van der Waals surface area contributed by atoms with Gasteiger partial charge in [-0.25, -0.2) is 0 Å². The fourth-order valence-corrected chi connectivity index (χ4v) is 3.91. The molecular formula is C18H28O. The van der Waals surface area contributed by atoms with Gasteiger partial charge in [-0.05, 0) is 50.9 Å². The van der Waals surface area contributed by atoms with Gasteiger partial charge in [0.25, 0.3) is 0 Å². The molecule has 0 N–H and O–H groups in total. The molecule has 19 heavy (non-hydrogen) atoms. The van der Waals surface area contributed by atoms with Crippen LogP contribution in [0, 0.1) is 17.3 Å². The average molecular weight is 260 g/mol. The monoisotopic (exact) mass is 260 g/mol.